The van der Waals surface area contributed by atoms with Crippen molar-refractivity contribution in [1.29, 1.82) is 0 Å². The summed E-state index contributed by atoms with van der Waals surface area (Å²) in [4.78, 5) is 23.6. The number of benzene rings is 2. The van der Waals surface area contributed by atoms with E-state index in [-0.39, 0.29) is 13.2 Å². The van der Waals surface area contributed by atoms with Crippen LogP contribution < -0.4 is 20.1 Å². The highest BCUT2D eigenvalue weighted by Crippen LogP contribution is 2.30. The van der Waals surface area contributed by atoms with Crippen LogP contribution >= 0.6 is 0 Å². The Morgan fingerprint density at radius 2 is 1.72 bits per heavy atom. The molecule has 25 heavy (non-hydrogen) atoms. The number of halogens is 2. The molecule has 3 rings (SSSR count). The third-order valence-electron chi connectivity index (χ3n) is 3.47. The molecule has 3 amide bonds. The number of rotatable bonds is 3. The van der Waals surface area contributed by atoms with Crippen LogP contribution in [0.1, 0.15) is 10.4 Å². The van der Waals surface area contributed by atoms with E-state index in [1.165, 1.54) is 0 Å². The number of fused-ring (bicyclic) bond motifs is 1. The van der Waals surface area contributed by atoms with Gasteiger partial charge in [0.25, 0.3) is 5.91 Å². The lowest BCUT2D eigenvalue weighted by molar-refractivity contribution is 0.0898. The molecular weight excluding hydrogens is 334 g/mol. The van der Waals surface area contributed by atoms with E-state index in [0.717, 1.165) is 18.2 Å². The molecule has 0 aromatic heterocycles. The number of amides is 3. The summed E-state index contributed by atoms with van der Waals surface area (Å²) >= 11 is 0. The molecule has 2 N–H and O–H groups in total. The van der Waals surface area contributed by atoms with Crippen molar-refractivity contribution in [3.8, 4) is 11.5 Å². The molecule has 8 heteroatoms. The number of carbonyl (C=O) groups is 2. The van der Waals surface area contributed by atoms with E-state index in [1.807, 2.05) is 11.4 Å². The van der Waals surface area contributed by atoms with Crippen LogP contribution in [0.15, 0.2) is 42.5 Å². The summed E-state index contributed by atoms with van der Waals surface area (Å²) in [6.07, 6.45) is -0.457. The minimum Gasteiger partial charge on any atom is -0.486 e. The molecule has 6 nitrogen and oxygen atoms in total. The zero-order valence-corrected chi connectivity index (χ0v) is 12.9. The van der Waals surface area contributed by atoms with Crippen molar-refractivity contribution in [2.24, 2.45) is 0 Å². The molecule has 0 bridgehead atoms. The van der Waals surface area contributed by atoms with Crippen LogP contribution in [-0.2, 0) is 0 Å². The maximum absolute atomic E-state index is 13.5. The fourth-order valence-corrected chi connectivity index (χ4v) is 2.29. The van der Waals surface area contributed by atoms with Gasteiger partial charge in [0.15, 0.2) is 17.6 Å². The molecule has 0 radical (unpaired) electrons. The molecule has 130 valence electrons. The summed E-state index contributed by atoms with van der Waals surface area (Å²) in [7, 11) is 0. The topological polar surface area (TPSA) is 76.7 Å². The normalized spacial score (nSPS) is 15.4. The average Bonchev–Trinajstić information content (AvgIpc) is 2.59. The first-order valence-corrected chi connectivity index (χ1v) is 7.46. The minimum absolute atomic E-state index is 0.0488. The van der Waals surface area contributed by atoms with Crippen molar-refractivity contribution in [3.05, 3.63) is 59.7 Å². The summed E-state index contributed by atoms with van der Waals surface area (Å²) in [5.74, 6) is -2.12. The molecule has 1 aliphatic heterocycles. The van der Waals surface area contributed by atoms with E-state index in [9.17, 15) is 18.4 Å². The number of imide groups is 1. The summed E-state index contributed by atoms with van der Waals surface area (Å²) in [5, 5.41) is 4.27. The van der Waals surface area contributed by atoms with Crippen LogP contribution in [0.4, 0.5) is 13.6 Å². The van der Waals surface area contributed by atoms with Gasteiger partial charge in [-0.15, -0.1) is 0 Å². The van der Waals surface area contributed by atoms with Crippen LogP contribution in [0.3, 0.4) is 0 Å². The molecule has 0 fully saturated rings. The van der Waals surface area contributed by atoms with Crippen molar-refractivity contribution in [1.82, 2.24) is 10.6 Å². The Hall–Kier alpha value is -3.16. The zero-order chi connectivity index (χ0) is 17.8. The van der Waals surface area contributed by atoms with Crippen LogP contribution in [0, 0.1) is 11.6 Å². The average molecular weight is 348 g/mol. The Morgan fingerprint density at radius 3 is 2.44 bits per heavy atom. The highest BCUT2D eigenvalue weighted by molar-refractivity contribution is 6.04. The zero-order valence-electron chi connectivity index (χ0n) is 12.9. The number of urea groups is 1. The van der Waals surface area contributed by atoms with E-state index in [0.29, 0.717) is 11.5 Å². The summed E-state index contributed by atoms with van der Waals surface area (Å²) in [6, 6.07) is 9.17. The number of para-hydroxylation sites is 2. The van der Waals surface area contributed by atoms with Gasteiger partial charge in [0.05, 0.1) is 6.54 Å². The SMILES string of the molecule is O=C(NCC1COc2ccccc2O1)NC(=O)c1c(F)cccc1F. The van der Waals surface area contributed by atoms with Gasteiger partial charge >= 0.3 is 6.03 Å². The summed E-state index contributed by atoms with van der Waals surface area (Å²) in [5.41, 5.74) is -0.816. The second kappa shape index (κ2) is 7.16. The van der Waals surface area contributed by atoms with Gasteiger partial charge in [0.2, 0.25) is 0 Å². The fraction of sp³-hybridized carbons (Fsp3) is 0.176. The van der Waals surface area contributed by atoms with Gasteiger partial charge < -0.3 is 14.8 Å². The number of hydrogen-bond acceptors (Lipinski definition) is 4. The van der Waals surface area contributed by atoms with E-state index in [1.54, 1.807) is 18.2 Å². The quantitative estimate of drug-likeness (QED) is 0.892. The monoisotopic (exact) mass is 348 g/mol. The van der Waals surface area contributed by atoms with E-state index in [4.69, 9.17) is 9.47 Å². The van der Waals surface area contributed by atoms with Gasteiger partial charge in [0.1, 0.15) is 23.8 Å². The maximum Gasteiger partial charge on any atom is 0.321 e. The molecule has 1 aliphatic rings. The molecule has 0 saturated heterocycles. The molecule has 0 saturated carbocycles. The molecule has 2 aromatic rings. The Labute approximate surface area is 141 Å². The van der Waals surface area contributed by atoms with Crippen molar-refractivity contribution < 1.29 is 27.8 Å². The lowest BCUT2D eigenvalue weighted by atomic mass is 10.2. The van der Waals surface area contributed by atoms with Gasteiger partial charge in [-0.3, -0.25) is 10.1 Å². The Bertz CT molecular complexity index is 793. The van der Waals surface area contributed by atoms with E-state index < -0.39 is 35.2 Å². The number of ether oxygens (including phenoxy) is 2. The molecular formula is C17H14F2N2O4. The van der Waals surface area contributed by atoms with Crippen LogP contribution in [-0.4, -0.2) is 31.2 Å². The highest BCUT2D eigenvalue weighted by atomic mass is 19.1. The second-order valence-corrected chi connectivity index (χ2v) is 5.26. The molecule has 1 heterocycles. The molecule has 1 atom stereocenters. The molecule has 1 unspecified atom stereocenters. The highest BCUT2D eigenvalue weighted by Gasteiger charge is 2.23. The van der Waals surface area contributed by atoms with Crippen LogP contribution in [0.25, 0.3) is 0 Å². The van der Waals surface area contributed by atoms with Crippen molar-refractivity contribution in [2.45, 2.75) is 6.10 Å². The third-order valence-corrected chi connectivity index (χ3v) is 3.47. The standard InChI is InChI=1S/C17H14F2N2O4/c18-11-4-3-5-12(19)15(11)16(22)21-17(23)20-8-10-9-24-13-6-1-2-7-14(13)25-10/h1-7,10H,8-9H2,(H2,20,21,22,23). The Balaban J connectivity index is 1.53. The Morgan fingerprint density at radius 1 is 1.04 bits per heavy atom. The summed E-state index contributed by atoms with van der Waals surface area (Å²) < 4.78 is 38.1. The first-order valence-electron chi connectivity index (χ1n) is 7.46. The predicted octanol–water partition coefficient (Wildman–Crippen LogP) is 2.24. The first-order chi connectivity index (χ1) is 12.0. The van der Waals surface area contributed by atoms with Gasteiger partial charge in [-0.25, -0.2) is 13.6 Å². The molecule has 0 aliphatic carbocycles. The second-order valence-electron chi connectivity index (χ2n) is 5.26. The largest absolute Gasteiger partial charge is 0.486 e. The van der Waals surface area contributed by atoms with Crippen LogP contribution in [0.5, 0.6) is 11.5 Å². The van der Waals surface area contributed by atoms with Gasteiger partial charge in [0, 0.05) is 0 Å². The lowest BCUT2D eigenvalue weighted by Crippen LogP contribution is -2.46. The molecule has 2 aromatic carbocycles. The van der Waals surface area contributed by atoms with Crippen molar-refractivity contribution in [2.75, 3.05) is 13.2 Å². The summed E-state index contributed by atoms with van der Waals surface area (Å²) in [6.45, 7) is 0.264. The number of carbonyl (C=O) groups excluding carboxylic acids is 2. The predicted molar refractivity (Wildman–Crippen MR) is 83.6 cm³/mol. The number of nitrogens with one attached hydrogen (secondary N) is 2. The van der Waals surface area contributed by atoms with E-state index >= 15 is 0 Å². The smallest absolute Gasteiger partial charge is 0.321 e. The number of hydrogen-bond donors (Lipinski definition) is 2. The minimum atomic E-state index is -1.17. The third kappa shape index (κ3) is 3.85. The Kier molecular flexibility index (Phi) is 4.78. The van der Waals surface area contributed by atoms with E-state index in [2.05, 4.69) is 5.32 Å². The fourth-order valence-electron chi connectivity index (χ4n) is 2.29. The lowest BCUT2D eigenvalue weighted by Gasteiger charge is -2.26. The van der Waals surface area contributed by atoms with Gasteiger partial charge in [-0.2, -0.15) is 0 Å². The van der Waals surface area contributed by atoms with Gasteiger partial charge in [-0.05, 0) is 24.3 Å². The van der Waals surface area contributed by atoms with Gasteiger partial charge in [-0.1, -0.05) is 18.2 Å². The molecule has 0 spiro atoms. The first kappa shape index (κ1) is 16.7. The maximum atomic E-state index is 13.5. The van der Waals surface area contributed by atoms with Crippen LogP contribution in [0.2, 0.25) is 0 Å². The van der Waals surface area contributed by atoms with Crippen molar-refractivity contribution in [3.63, 3.8) is 0 Å². The van der Waals surface area contributed by atoms with Crippen molar-refractivity contribution >= 4 is 11.9 Å².